The van der Waals surface area contributed by atoms with E-state index in [9.17, 15) is 9.59 Å². The summed E-state index contributed by atoms with van der Waals surface area (Å²) in [4.78, 5) is 33.3. The standard InChI is InChI=1S/C18H22N4O2/c1-13-11-16(17(23)20(3)14(13)2)18(24)22-9-7-21(8-10-22)15-5-4-6-19-12-15/h4-6,11-12H,7-10H2,1-3H3. The number of amides is 1. The van der Waals surface area contributed by atoms with Gasteiger partial charge in [-0.2, -0.15) is 0 Å². The number of pyridine rings is 2. The number of hydrogen-bond acceptors (Lipinski definition) is 4. The molecule has 0 saturated carbocycles. The molecule has 2 aromatic heterocycles. The fourth-order valence-corrected chi connectivity index (χ4v) is 3.01. The molecule has 0 atom stereocenters. The topological polar surface area (TPSA) is 58.4 Å². The maximum atomic E-state index is 12.8. The Hall–Kier alpha value is -2.63. The van der Waals surface area contributed by atoms with E-state index in [2.05, 4.69) is 9.88 Å². The van der Waals surface area contributed by atoms with Crippen LogP contribution in [0.5, 0.6) is 0 Å². The first-order valence-electron chi connectivity index (χ1n) is 8.10. The van der Waals surface area contributed by atoms with E-state index in [1.165, 1.54) is 0 Å². The highest BCUT2D eigenvalue weighted by atomic mass is 16.2. The van der Waals surface area contributed by atoms with Crippen molar-refractivity contribution in [3.05, 3.63) is 57.8 Å². The molecule has 1 amide bonds. The van der Waals surface area contributed by atoms with Crippen LogP contribution in [0.4, 0.5) is 5.69 Å². The van der Waals surface area contributed by atoms with E-state index >= 15 is 0 Å². The molecule has 6 nitrogen and oxygen atoms in total. The Kier molecular flexibility index (Phi) is 4.38. The highest BCUT2D eigenvalue weighted by Crippen LogP contribution is 2.16. The summed E-state index contributed by atoms with van der Waals surface area (Å²) in [6, 6.07) is 5.64. The molecular formula is C18H22N4O2. The zero-order valence-electron chi connectivity index (χ0n) is 14.3. The predicted molar refractivity (Wildman–Crippen MR) is 93.5 cm³/mol. The summed E-state index contributed by atoms with van der Waals surface area (Å²) >= 11 is 0. The van der Waals surface area contributed by atoms with Crippen LogP contribution in [0.15, 0.2) is 35.4 Å². The van der Waals surface area contributed by atoms with Crippen molar-refractivity contribution in [3.8, 4) is 0 Å². The first-order chi connectivity index (χ1) is 11.5. The van der Waals surface area contributed by atoms with Crippen molar-refractivity contribution < 1.29 is 4.79 Å². The van der Waals surface area contributed by atoms with Crippen LogP contribution in [0.25, 0.3) is 0 Å². The zero-order chi connectivity index (χ0) is 17.3. The second kappa shape index (κ2) is 6.47. The second-order valence-corrected chi connectivity index (χ2v) is 6.18. The maximum absolute atomic E-state index is 12.8. The van der Waals surface area contributed by atoms with E-state index in [4.69, 9.17) is 0 Å². The highest BCUT2D eigenvalue weighted by Gasteiger charge is 2.25. The van der Waals surface area contributed by atoms with Gasteiger partial charge in [0, 0.05) is 45.1 Å². The van der Waals surface area contributed by atoms with Gasteiger partial charge in [-0.15, -0.1) is 0 Å². The van der Waals surface area contributed by atoms with Crippen LogP contribution >= 0.6 is 0 Å². The fraction of sp³-hybridized carbons (Fsp3) is 0.389. The molecule has 0 unspecified atom stereocenters. The monoisotopic (exact) mass is 326 g/mol. The first kappa shape index (κ1) is 16.2. The number of carbonyl (C=O) groups is 1. The molecule has 0 aromatic carbocycles. The molecule has 0 bridgehead atoms. The summed E-state index contributed by atoms with van der Waals surface area (Å²) in [5.41, 5.74) is 2.94. The summed E-state index contributed by atoms with van der Waals surface area (Å²) in [5, 5.41) is 0. The van der Waals surface area contributed by atoms with Gasteiger partial charge < -0.3 is 14.4 Å². The lowest BCUT2D eigenvalue weighted by Crippen LogP contribution is -2.50. The Morgan fingerprint density at radius 3 is 2.50 bits per heavy atom. The average Bonchev–Trinajstić information content (AvgIpc) is 2.63. The van der Waals surface area contributed by atoms with Gasteiger partial charge in [0.2, 0.25) is 0 Å². The minimum atomic E-state index is -0.224. The maximum Gasteiger partial charge on any atom is 0.263 e. The Bertz CT molecular complexity index is 806. The number of rotatable bonds is 2. The van der Waals surface area contributed by atoms with E-state index in [1.807, 2.05) is 32.2 Å². The second-order valence-electron chi connectivity index (χ2n) is 6.18. The molecule has 6 heteroatoms. The molecule has 126 valence electrons. The normalized spacial score (nSPS) is 14.8. The van der Waals surface area contributed by atoms with Gasteiger partial charge in [-0.1, -0.05) is 0 Å². The molecule has 24 heavy (non-hydrogen) atoms. The summed E-state index contributed by atoms with van der Waals surface area (Å²) in [5.74, 6) is -0.176. The summed E-state index contributed by atoms with van der Waals surface area (Å²) in [6.07, 6.45) is 3.58. The van der Waals surface area contributed by atoms with E-state index in [1.54, 1.807) is 28.8 Å². The number of nitrogens with zero attached hydrogens (tertiary/aromatic N) is 4. The van der Waals surface area contributed by atoms with Gasteiger partial charge in [-0.3, -0.25) is 14.6 Å². The lowest BCUT2D eigenvalue weighted by molar-refractivity contribution is 0.0744. The van der Waals surface area contributed by atoms with E-state index in [0.29, 0.717) is 13.1 Å². The Labute approximate surface area is 141 Å². The SMILES string of the molecule is Cc1cc(C(=O)N2CCN(c3cccnc3)CC2)c(=O)n(C)c1C. The van der Waals surface area contributed by atoms with E-state index < -0.39 is 0 Å². The third-order valence-corrected chi connectivity index (χ3v) is 4.78. The molecule has 0 N–H and O–H groups in total. The molecule has 2 aromatic rings. The Morgan fingerprint density at radius 2 is 1.88 bits per heavy atom. The highest BCUT2D eigenvalue weighted by molar-refractivity contribution is 5.94. The van der Waals surface area contributed by atoms with Crippen molar-refractivity contribution >= 4 is 11.6 Å². The van der Waals surface area contributed by atoms with Gasteiger partial charge in [0.25, 0.3) is 11.5 Å². The molecule has 1 saturated heterocycles. The minimum Gasteiger partial charge on any atom is -0.367 e. The van der Waals surface area contributed by atoms with Gasteiger partial charge in [-0.25, -0.2) is 0 Å². The number of carbonyl (C=O) groups excluding carboxylic acids is 1. The number of anilines is 1. The molecule has 1 aliphatic rings. The third kappa shape index (κ3) is 2.91. The zero-order valence-corrected chi connectivity index (χ0v) is 14.3. The van der Waals surface area contributed by atoms with Crippen LogP contribution in [-0.2, 0) is 7.05 Å². The van der Waals surface area contributed by atoms with Crippen LogP contribution in [-0.4, -0.2) is 46.5 Å². The summed E-state index contributed by atoms with van der Waals surface area (Å²) in [7, 11) is 1.71. The number of piperazine rings is 1. The van der Waals surface area contributed by atoms with Crippen LogP contribution in [0.3, 0.4) is 0 Å². The molecule has 3 heterocycles. The number of hydrogen-bond donors (Lipinski definition) is 0. The molecule has 0 spiro atoms. The van der Waals surface area contributed by atoms with Crippen LogP contribution in [0.2, 0.25) is 0 Å². The Balaban J connectivity index is 1.76. The van der Waals surface area contributed by atoms with Crippen molar-refractivity contribution in [2.75, 3.05) is 31.1 Å². The van der Waals surface area contributed by atoms with Crippen molar-refractivity contribution in [2.45, 2.75) is 13.8 Å². The lowest BCUT2D eigenvalue weighted by Gasteiger charge is -2.36. The summed E-state index contributed by atoms with van der Waals surface area (Å²) < 4.78 is 1.55. The molecular weight excluding hydrogens is 304 g/mol. The quantitative estimate of drug-likeness (QED) is 0.836. The molecule has 0 aliphatic carbocycles. The molecule has 0 radical (unpaired) electrons. The largest absolute Gasteiger partial charge is 0.367 e. The first-order valence-corrected chi connectivity index (χ1v) is 8.10. The predicted octanol–water partition coefficient (Wildman–Crippen LogP) is 1.36. The van der Waals surface area contributed by atoms with Gasteiger partial charge in [0.15, 0.2) is 0 Å². The number of aryl methyl sites for hydroxylation is 1. The molecule has 1 aliphatic heterocycles. The molecule has 1 fully saturated rings. The molecule has 3 rings (SSSR count). The van der Waals surface area contributed by atoms with Crippen LogP contribution in [0, 0.1) is 13.8 Å². The van der Waals surface area contributed by atoms with Gasteiger partial charge in [0.1, 0.15) is 5.56 Å². The van der Waals surface area contributed by atoms with Gasteiger partial charge in [-0.05, 0) is 37.6 Å². The average molecular weight is 326 g/mol. The van der Waals surface area contributed by atoms with Gasteiger partial charge >= 0.3 is 0 Å². The third-order valence-electron chi connectivity index (χ3n) is 4.78. The smallest absolute Gasteiger partial charge is 0.263 e. The van der Waals surface area contributed by atoms with E-state index in [0.717, 1.165) is 30.0 Å². The summed E-state index contributed by atoms with van der Waals surface area (Å²) in [6.45, 7) is 6.49. The number of aromatic nitrogens is 2. The van der Waals surface area contributed by atoms with Gasteiger partial charge in [0.05, 0.1) is 11.9 Å². The van der Waals surface area contributed by atoms with Crippen molar-refractivity contribution in [1.82, 2.24) is 14.5 Å². The van der Waals surface area contributed by atoms with Crippen molar-refractivity contribution in [3.63, 3.8) is 0 Å². The minimum absolute atomic E-state index is 0.176. The van der Waals surface area contributed by atoms with Crippen molar-refractivity contribution in [1.29, 1.82) is 0 Å². The Morgan fingerprint density at radius 1 is 1.17 bits per heavy atom. The van der Waals surface area contributed by atoms with Crippen LogP contribution < -0.4 is 10.5 Å². The van der Waals surface area contributed by atoms with Crippen LogP contribution in [0.1, 0.15) is 21.6 Å². The van der Waals surface area contributed by atoms with Crippen molar-refractivity contribution in [2.24, 2.45) is 7.05 Å². The fourth-order valence-electron chi connectivity index (χ4n) is 3.01. The lowest BCUT2D eigenvalue weighted by atomic mass is 10.1. The van der Waals surface area contributed by atoms with E-state index in [-0.39, 0.29) is 17.0 Å².